The largest absolute Gasteiger partial charge is 0.329 e. The zero-order valence-corrected chi connectivity index (χ0v) is 33.8. The Hall–Kier alpha value is -7.27. The summed E-state index contributed by atoms with van der Waals surface area (Å²) >= 11 is 1.86. The van der Waals surface area contributed by atoms with Crippen LogP contribution < -0.4 is 5.32 Å². The van der Waals surface area contributed by atoms with Crippen molar-refractivity contribution >= 4 is 70.5 Å². The molecule has 0 atom stereocenters. The van der Waals surface area contributed by atoms with Crippen LogP contribution in [-0.4, -0.2) is 10.5 Å². The monoisotopic (exact) mass is 775 g/mol. The molecule has 3 nitrogen and oxygen atoms in total. The molecule has 10 aromatic rings. The number of benzene rings is 8. The van der Waals surface area contributed by atoms with Crippen LogP contribution in [0.25, 0.3) is 86.6 Å². The van der Waals surface area contributed by atoms with Gasteiger partial charge in [0.1, 0.15) is 0 Å². The van der Waals surface area contributed by atoms with Gasteiger partial charge < -0.3 is 5.32 Å². The summed E-state index contributed by atoms with van der Waals surface area (Å²) in [4.78, 5) is 5.42. The predicted octanol–water partition coefficient (Wildman–Crippen LogP) is 15.1. The van der Waals surface area contributed by atoms with Crippen molar-refractivity contribution in [2.75, 3.05) is 0 Å². The highest BCUT2D eigenvalue weighted by molar-refractivity contribution is 7.26. The Morgan fingerprint density at radius 3 is 1.86 bits per heavy atom. The number of nitrogens with one attached hydrogen (secondary N) is 1. The summed E-state index contributed by atoms with van der Waals surface area (Å²) in [5, 5.41) is 8.74. The quantitative estimate of drug-likeness (QED) is 0.127. The van der Waals surface area contributed by atoms with Gasteiger partial charge in [0.2, 0.25) is 5.96 Å². The number of allylic oxidation sites excluding steroid dienone is 2. The number of rotatable bonds is 7. The zero-order valence-electron chi connectivity index (χ0n) is 33.0. The van der Waals surface area contributed by atoms with E-state index in [0.29, 0.717) is 11.7 Å². The van der Waals surface area contributed by atoms with Crippen molar-refractivity contribution in [1.29, 1.82) is 0 Å². The number of fused-ring (bicyclic) bond motifs is 6. The van der Waals surface area contributed by atoms with Crippen molar-refractivity contribution in [2.24, 2.45) is 4.99 Å². The molecule has 2 aromatic heterocycles. The van der Waals surface area contributed by atoms with Crippen LogP contribution in [-0.2, 0) is 0 Å². The van der Waals surface area contributed by atoms with E-state index in [1.54, 1.807) is 0 Å². The van der Waals surface area contributed by atoms with Crippen LogP contribution in [0.3, 0.4) is 0 Å². The number of hydrogen-bond acceptors (Lipinski definition) is 2. The van der Waals surface area contributed by atoms with Crippen LogP contribution in [0.2, 0.25) is 0 Å². The Balaban J connectivity index is 1.14. The molecular weight excluding hydrogens is 735 g/mol. The fourth-order valence-electron chi connectivity index (χ4n) is 8.20. The van der Waals surface area contributed by atoms with Crippen molar-refractivity contribution in [1.82, 2.24) is 9.88 Å². The lowest BCUT2D eigenvalue weighted by atomic mass is 10.0. The van der Waals surface area contributed by atoms with E-state index >= 15 is 0 Å². The number of nitrogens with zero attached hydrogens (tertiary/aromatic N) is 2. The lowest BCUT2D eigenvalue weighted by Gasteiger charge is -2.18. The minimum atomic E-state index is 0.667. The van der Waals surface area contributed by atoms with Crippen molar-refractivity contribution in [3.05, 3.63) is 218 Å². The number of thiophene rings is 1. The molecular formula is C55H41N3S. The zero-order chi connectivity index (χ0) is 39.9. The number of aliphatic imine (C=N–C) groups is 1. The highest BCUT2D eigenvalue weighted by Crippen LogP contribution is 2.41. The molecule has 0 bridgehead atoms. The Morgan fingerprint density at radius 2 is 1.08 bits per heavy atom. The first-order chi connectivity index (χ1) is 29.0. The molecule has 0 spiro atoms. The lowest BCUT2D eigenvalue weighted by Crippen LogP contribution is -2.29. The molecule has 8 aromatic carbocycles. The normalized spacial score (nSPS) is 12.3. The molecule has 0 aliphatic rings. The first-order valence-corrected chi connectivity index (χ1v) is 20.8. The summed E-state index contributed by atoms with van der Waals surface area (Å²) in [5.74, 6) is 0.682. The first kappa shape index (κ1) is 36.1. The SMILES string of the molecule is C=C(N=C(N/C(C)=C(/C)c1ccc(-c2ccccc2)cc1)n1c2ccccc2c2ccc(-c3cccc4c3sc3ccccc34)cc21)c1cccc(-c2ccccc2)c1. The van der Waals surface area contributed by atoms with Crippen molar-refractivity contribution in [3.63, 3.8) is 0 Å². The molecule has 0 saturated heterocycles. The molecule has 0 aliphatic heterocycles. The molecule has 282 valence electrons. The van der Waals surface area contributed by atoms with Crippen molar-refractivity contribution < 1.29 is 0 Å². The van der Waals surface area contributed by atoms with E-state index in [-0.39, 0.29) is 0 Å². The molecule has 0 amide bonds. The van der Waals surface area contributed by atoms with Crippen LogP contribution >= 0.6 is 11.3 Å². The maximum Gasteiger partial charge on any atom is 0.212 e. The van der Waals surface area contributed by atoms with Gasteiger partial charge in [-0.05, 0) is 82.6 Å². The molecule has 0 aliphatic carbocycles. The molecule has 0 saturated carbocycles. The first-order valence-electron chi connectivity index (χ1n) is 20.0. The third kappa shape index (κ3) is 6.74. The van der Waals surface area contributed by atoms with E-state index in [1.165, 1.54) is 36.9 Å². The second kappa shape index (κ2) is 15.2. The minimum Gasteiger partial charge on any atom is -0.329 e. The van der Waals surface area contributed by atoms with Gasteiger partial charge in [0.15, 0.2) is 0 Å². The van der Waals surface area contributed by atoms with Gasteiger partial charge in [-0.1, -0.05) is 176 Å². The summed E-state index contributed by atoms with van der Waals surface area (Å²) < 4.78 is 4.87. The van der Waals surface area contributed by atoms with Gasteiger partial charge in [0, 0.05) is 42.2 Å². The van der Waals surface area contributed by atoms with Crippen LogP contribution in [0.15, 0.2) is 211 Å². The third-order valence-electron chi connectivity index (χ3n) is 11.4. The maximum atomic E-state index is 5.42. The predicted molar refractivity (Wildman–Crippen MR) is 255 cm³/mol. The highest BCUT2D eigenvalue weighted by atomic mass is 32.1. The van der Waals surface area contributed by atoms with Gasteiger partial charge in [-0.15, -0.1) is 11.3 Å². The van der Waals surface area contributed by atoms with Crippen LogP contribution in [0, 0.1) is 0 Å². The van der Waals surface area contributed by atoms with E-state index in [2.05, 4.69) is 218 Å². The fourth-order valence-corrected chi connectivity index (χ4v) is 9.44. The van der Waals surface area contributed by atoms with Crippen LogP contribution in [0.1, 0.15) is 25.0 Å². The molecule has 10 rings (SSSR count). The van der Waals surface area contributed by atoms with Crippen LogP contribution in [0.4, 0.5) is 0 Å². The summed E-state index contributed by atoms with van der Waals surface area (Å²) in [6.07, 6.45) is 0. The number of para-hydroxylation sites is 1. The van der Waals surface area contributed by atoms with Gasteiger partial charge in [-0.25, -0.2) is 4.99 Å². The van der Waals surface area contributed by atoms with E-state index in [1.807, 2.05) is 17.4 Å². The van der Waals surface area contributed by atoms with Gasteiger partial charge >= 0.3 is 0 Å². The standard InChI is InChI=1S/C55H41N3S/c1-36(39-28-30-42(31-29-39)40-16-6-4-7-17-40)37(2)56-55(57-38(3)43-20-14-21-44(34-43)41-18-8-5-9-19-41)58-51-26-12-10-22-47(51)48-33-32-45(35-52(48)58)46-24-15-25-50-49-23-11-13-27-53(49)59-54(46)50/h4-35H,3H2,1-2H3,(H,56,57)/b37-36-. The molecule has 59 heavy (non-hydrogen) atoms. The Bertz CT molecular complexity index is 3260. The van der Waals surface area contributed by atoms with E-state index in [9.17, 15) is 0 Å². The van der Waals surface area contributed by atoms with Gasteiger partial charge in [-0.3, -0.25) is 4.57 Å². The second-order valence-electron chi connectivity index (χ2n) is 15.0. The smallest absolute Gasteiger partial charge is 0.212 e. The molecule has 0 unspecified atom stereocenters. The number of aromatic nitrogens is 1. The summed E-state index contributed by atoms with van der Waals surface area (Å²) in [6.45, 7) is 8.89. The second-order valence-corrected chi connectivity index (χ2v) is 16.1. The number of hydrogen-bond donors (Lipinski definition) is 1. The van der Waals surface area contributed by atoms with Gasteiger partial charge in [0.05, 0.1) is 16.7 Å². The summed E-state index contributed by atoms with van der Waals surface area (Å²) in [5.41, 5.74) is 14.1. The van der Waals surface area contributed by atoms with Gasteiger partial charge in [0.25, 0.3) is 0 Å². The van der Waals surface area contributed by atoms with Crippen molar-refractivity contribution in [2.45, 2.75) is 13.8 Å². The van der Waals surface area contributed by atoms with E-state index < -0.39 is 0 Å². The molecule has 4 heteroatoms. The highest BCUT2D eigenvalue weighted by Gasteiger charge is 2.19. The minimum absolute atomic E-state index is 0.667. The Labute approximate surface area is 348 Å². The fraction of sp³-hybridized carbons (Fsp3) is 0.0364. The average Bonchev–Trinajstić information content (AvgIpc) is 3.85. The molecule has 1 N–H and O–H groups in total. The molecule has 0 radical (unpaired) electrons. The lowest BCUT2D eigenvalue weighted by molar-refractivity contribution is 1.04. The van der Waals surface area contributed by atoms with Crippen molar-refractivity contribution in [3.8, 4) is 33.4 Å². The maximum absolute atomic E-state index is 5.42. The summed E-state index contributed by atoms with van der Waals surface area (Å²) in [6, 6.07) is 69.1. The average molecular weight is 776 g/mol. The Kier molecular flexibility index (Phi) is 9.32. The summed E-state index contributed by atoms with van der Waals surface area (Å²) in [7, 11) is 0. The van der Waals surface area contributed by atoms with E-state index in [0.717, 1.165) is 60.9 Å². The molecule has 2 heterocycles. The van der Waals surface area contributed by atoms with Crippen LogP contribution in [0.5, 0.6) is 0 Å². The molecule has 0 fully saturated rings. The topological polar surface area (TPSA) is 29.3 Å². The third-order valence-corrected chi connectivity index (χ3v) is 12.7. The van der Waals surface area contributed by atoms with E-state index in [4.69, 9.17) is 4.99 Å². The Morgan fingerprint density at radius 1 is 0.492 bits per heavy atom. The van der Waals surface area contributed by atoms with Gasteiger partial charge in [-0.2, -0.15) is 0 Å².